The number of halogens is 1. The smallest absolute Gasteiger partial charge is 0.306 e. The van der Waals surface area contributed by atoms with Crippen molar-refractivity contribution in [2.75, 3.05) is 6.26 Å². The summed E-state index contributed by atoms with van der Waals surface area (Å²) in [6, 6.07) is 11.4. The third kappa shape index (κ3) is 3.62. The first-order valence-corrected chi connectivity index (χ1v) is 8.27. The van der Waals surface area contributed by atoms with E-state index < -0.39 is 10.1 Å². The van der Waals surface area contributed by atoms with Gasteiger partial charge in [0.05, 0.1) is 16.8 Å². The van der Waals surface area contributed by atoms with Gasteiger partial charge in [0.2, 0.25) is 0 Å². The Hall–Kier alpha value is -1.85. The molecule has 0 bridgehead atoms. The van der Waals surface area contributed by atoms with E-state index in [2.05, 4.69) is 0 Å². The lowest BCUT2D eigenvalue weighted by molar-refractivity contribution is 0.103. The SMILES string of the molecule is Cc1cccc(C(=O)c2ccccc2Cl)c1OS(C)(=O)=O. The van der Waals surface area contributed by atoms with Crippen LogP contribution in [0.2, 0.25) is 5.02 Å². The molecule has 2 rings (SSSR count). The van der Waals surface area contributed by atoms with Crippen molar-refractivity contribution < 1.29 is 17.4 Å². The number of para-hydroxylation sites is 1. The van der Waals surface area contributed by atoms with Gasteiger partial charge in [-0.15, -0.1) is 0 Å². The van der Waals surface area contributed by atoms with Crippen molar-refractivity contribution in [1.82, 2.24) is 0 Å². The number of aryl methyl sites for hydroxylation is 1. The van der Waals surface area contributed by atoms with Crippen molar-refractivity contribution in [3.8, 4) is 5.75 Å². The van der Waals surface area contributed by atoms with Gasteiger partial charge in [-0.25, -0.2) is 0 Å². The number of carbonyl (C=O) groups is 1. The predicted octanol–water partition coefficient (Wildman–Crippen LogP) is 3.22. The van der Waals surface area contributed by atoms with E-state index in [0.717, 1.165) is 6.26 Å². The number of ketones is 1. The summed E-state index contributed by atoms with van der Waals surface area (Å²) in [4.78, 5) is 12.6. The summed E-state index contributed by atoms with van der Waals surface area (Å²) in [6.07, 6.45) is 0.934. The Labute approximate surface area is 128 Å². The first-order chi connectivity index (χ1) is 9.79. The molecule has 0 heterocycles. The molecule has 0 aliphatic heterocycles. The topological polar surface area (TPSA) is 60.4 Å². The lowest BCUT2D eigenvalue weighted by atomic mass is 10.0. The van der Waals surface area contributed by atoms with Gasteiger partial charge in [-0.2, -0.15) is 8.42 Å². The maximum Gasteiger partial charge on any atom is 0.306 e. The normalized spacial score (nSPS) is 11.2. The molecule has 110 valence electrons. The standard InChI is InChI=1S/C15H13ClO4S/c1-10-6-5-8-12(15(10)20-21(2,18)19)14(17)11-7-3-4-9-13(11)16/h3-9H,1-2H3. The predicted molar refractivity (Wildman–Crippen MR) is 81.5 cm³/mol. The summed E-state index contributed by atoms with van der Waals surface area (Å²) >= 11 is 6.01. The monoisotopic (exact) mass is 324 g/mol. The molecule has 2 aromatic rings. The molecule has 0 aliphatic carbocycles. The molecular formula is C15H13ClO4S. The first kappa shape index (κ1) is 15.5. The number of rotatable bonds is 4. The Balaban J connectivity index is 2.57. The molecule has 0 aliphatic rings. The van der Waals surface area contributed by atoms with Crippen LogP contribution in [0.5, 0.6) is 5.75 Å². The second-order valence-electron chi connectivity index (χ2n) is 4.55. The van der Waals surface area contributed by atoms with Crippen LogP contribution in [0.1, 0.15) is 21.5 Å². The van der Waals surface area contributed by atoms with E-state index >= 15 is 0 Å². The van der Waals surface area contributed by atoms with Crippen LogP contribution in [0.25, 0.3) is 0 Å². The van der Waals surface area contributed by atoms with Crippen molar-refractivity contribution in [3.05, 3.63) is 64.2 Å². The Morgan fingerprint density at radius 3 is 2.29 bits per heavy atom. The summed E-state index contributed by atoms with van der Waals surface area (Å²) < 4.78 is 27.7. The van der Waals surface area contributed by atoms with Crippen LogP contribution in [0, 0.1) is 6.92 Å². The zero-order valence-electron chi connectivity index (χ0n) is 11.5. The van der Waals surface area contributed by atoms with Crippen molar-refractivity contribution >= 4 is 27.5 Å². The van der Waals surface area contributed by atoms with Crippen LogP contribution >= 0.6 is 11.6 Å². The molecule has 0 amide bonds. The van der Waals surface area contributed by atoms with Crippen LogP contribution in [-0.2, 0) is 10.1 Å². The summed E-state index contributed by atoms with van der Waals surface area (Å²) in [7, 11) is -3.73. The first-order valence-electron chi connectivity index (χ1n) is 6.08. The summed E-state index contributed by atoms with van der Waals surface area (Å²) in [5, 5.41) is 0.300. The highest BCUT2D eigenvalue weighted by atomic mass is 35.5. The fourth-order valence-electron chi connectivity index (χ4n) is 1.88. The average Bonchev–Trinajstić information content (AvgIpc) is 2.39. The minimum atomic E-state index is -3.73. The lowest BCUT2D eigenvalue weighted by Crippen LogP contribution is -2.12. The fraction of sp³-hybridized carbons (Fsp3) is 0.133. The maximum absolute atomic E-state index is 12.6. The van der Waals surface area contributed by atoms with E-state index in [-0.39, 0.29) is 17.1 Å². The van der Waals surface area contributed by atoms with E-state index in [1.807, 2.05) is 0 Å². The Morgan fingerprint density at radius 2 is 1.67 bits per heavy atom. The second-order valence-corrected chi connectivity index (χ2v) is 6.53. The Bertz CT molecular complexity index is 797. The van der Waals surface area contributed by atoms with Gasteiger partial charge in [0, 0.05) is 5.56 Å². The zero-order chi connectivity index (χ0) is 15.6. The van der Waals surface area contributed by atoms with Crippen molar-refractivity contribution in [1.29, 1.82) is 0 Å². The second kappa shape index (κ2) is 5.87. The molecule has 6 heteroatoms. The summed E-state index contributed by atoms with van der Waals surface area (Å²) in [5.74, 6) is -0.354. The molecule has 0 spiro atoms. The van der Waals surface area contributed by atoms with Gasteiger partial charge in [-0.1, -0.05) is 35.9 Å². The highest BCUT2D eigenvalue weighted by molar-refractivity contribution is 7.86. The molecule has 21 heavy (non-hydrogen) atoms. The van der Waals surface area contributed by atoms with Crippen LogP contribution in [0.4, 0.5) is 0 Å². The molecule has 0 unspecified atom stereocenters. The summed E-state index contributed by atoms with van der Waals surface area (Å²) in [6.45, 7) is 1.67. The maximum atomic E-state index is 12.6. The molecule has 0 saturated carbocycles. The third-order valence-corrected chi connectivity index (χ3v) is 3.61. The zero-order valence-corrected chi connectivity index (χ0v) is 13.0. The highest BCUT2D eigenvalue weighted by Gasteiger charge is 2.20. The van der Waals surface area contributed by atoms with Crippen molar-refractivity contribution in [3.63, 3.8) is 0 Å². The number of carbonyl (C=O) groups excluding carboxylic acids is 1. The molecule has 0 atom stereocenters. The number of hydrogen-bond acceptors (Lipinski definition) is 4. The van der Waals surface area contributed by atoms with E-state index in [1.165, 1.54) is 6.07 Å². The van der Waals surface area contributed by atoms with Gasteiger partial charge in [0.15, 0.2) is 11.5 Å². The van der Waals surface area contributed by atoms with E-state index in [1.54, 1.807) is 43.3 Å². The van der Waals surface area contributed by atoms with E-state index in [4.69, 9.17) is 15.8 Å². The summed E-state index contributed by atoms with van der Waals surface area (Å²) in [5.41, 5.74) is 1.01. The van der Waals surface area contributed by atoms with E-state index in [9.17, 15) is 13.2 Å². The number of hydrogen-bond donors (Lipinski definition) is 0. The van der Waals surface area contributed by atoms with Crippen LogP contribution < -0.4 is 4.18 Å². The van der Waals surface area contributed by atoms with E-state index in [0.29, 0.717) is 16.1 Å². The van der Waals surface area contributed by atoms with Gasteiger partial charge in [-0.3, -0.25) is 4.79 Å². The quantitative estimate of drug-likeness (QED) is 0.640. The minimum absolute atomic E-state index is 0.0323. The van der Waals surface area contributed by atoms with Gasteiger partial charge in [0.1, 0.15) is 0 Å². The molecule has 0 radical (unpaired) electrons. The van der Waals surface area contributed by atoms with Gasteiger partial charge in [0.25, 0.3) is 0 Å². The van der Waals surface area contributed by atoms with Gasteiger partial charge < -0.3 is 4.18 Å². The van der Waals surface area contributed by atoms with Gasteiger partial charge in [-0.05, 0) is 30.7 Å². The average molecular weight is 325 g/mol. The molecule has 4 nitrogen and oxygen atoms in total. The van der Waals surface area contributed by atoms with Crippen LogP contribution in [0.3, 0.4) is 0 Å². The highest BCUT2D eigenvalue weighted by Crippen LogP contribution is 2.29. The Kier molecular flexibility index (Phi) is 4.34. The van der Waals surface area contributed by atoms with Crippen molar-refractivity contribution in [2.45, 2.75) is 6.92 Å². The molecule has 0 saturated heterocycles. The molecule has 0 fully saturated rings. The molecule has 0 aromatic heterocycles. The molecule has 2 aromatic carbocycles. The van der Waals surface area contributed by atoms with Crippen LogP contribution in [0.15, 0.2) is 42.5 Å². The molecular weight excluding hydrogens is 312 g/mol. The van der Waals surface area contributed by atoms with Gasteiger partial charge >= 0.3 is 10.1 Å². The van der Waals surface area contributed by atoms with Crippen molar-refractivity contribution in [2.24, 2.45) is 0 Å². The lowest BCUT2D eigenvalue weighted by Gasteiger charge is -2.12. The fourth-order valence-corrected chi connectivity index (χ4v) is 2.63. The molecule has 0 N–H and O–H groups in total. The van der Waals surface area contributed by atoms with Crippen LogP contribution in [-0.4, -0.2) is 20.5 Å². The number of benzene rings is 2. The third-order valence-electron chi connectivity index (χ3n) is 2.81. The minimum Gasteiger partial charge on any atom is -0.382 e. The largest absolute Gasteiger partial charge is 0.382 e. The Morgan fingerprint density at radius 1 is 1.05 bits per heavy atom.